The van der Waals surface area contributed by atoms with E-state index < -0.39 is 5.97 Å². The summed E-state index contributed by atoms with van der Waals surface area (Å²) in [5, 5.41) is 11.4. The van der Waals surface area contributed by atoms with Crippen molar-refractivity contribution in [3.05, 3.63) is 18.5 Å². The smallest absolute Gasteiger partial charge is 0.303 e. The van der Waals surface area contributed by atoms with Gasteiger partial charge in [0.15, 0.2) is 0 Å². The van der Waals surface area contributed by atoms with Crippen molar-refractivity contribution in [1.82, 2.24) is 14.9 Å². The van der Waals surface area contributed by atoms with E-state index in [0.29, 0.717) is 6.54 Å². The highest BCUT2D eigenvalue weighted by Gasteiger charge is 2.23. The number of carbonyl (C=O) groups is 2. The number of hydrogen-bond acceptors (Lipinski definition) is 5. The van der Waals surface area contributed by atoms with Crippen molar-refractivity contribution < 1.29 is 14.7 Å². The molecule has 1 fully saturated rings. The minimum absolute atomic E-state index is 0.127. The summed E-state index contributed by atoms with van der Waals surface area (Å²) in [6.45, 7) is 1.71. The van der Waals surface area contributed by atoms with Gasteiger partial charge >= 0.3 is 5.97 Å². The lowest BCUT2D eigenvalue weighted by Gasteiger charge is -2.31. The van der Waals surface area contributed by atoms with Crippen LogP contribution in [-0.2, 0) is 9.59 Å². The van der Waals surface area contributed by atoms with E-state index in [-0.39, 0.29) is 30.7 Å². The van der Waals surface area contributed by atoms with Crippen molar-refractivity contribution in [2.75, 3.05) is 25.0 Å². The number of amides is 1. The Labute approximate surface area is 117 Å². The van der Waals surface area contributed by atoms with E-state index in [4.69, 9.17) is 5.11 Å². The second-order valence-corrected chi connectivity index (χ2v) is 4.96. The Balaban J connectivity index is 1.80. The quantitative estimate of drug-likeness (QED) is 0.819. The van der Waals surface area contributed by atoms with Crippen LogP contribution < -0.4 is 5.32 Å². The van der Waals surface area contributed by atoms with Gasteiger partial charge in [-0.05, 0) is 31.4 Å². The van der Waals surface area contributed by atoms with Crippen molar-refractivity contribution in [3.8, 4) is 0 Å². The summed E-state index contributed by atoms with van der Waals surface area (Å²) in [7, 11) is 0. The molecule has 1 aliphatic heterocycles. The van der Waals surface area contributed by atoms with Crippen molar-refractivity contribution in [2.24, 2.45) is 5.92 Å². The summed E-state index contributed by atoms with van der Waals surface area (Å²) in [4.78, 5) is 32.4. The van der Waals surface area contributed by atoms with E-state index in [0.717, 1.165) is 19.4 Å². The molecule has 108 valence electrons. The van der Waals surface area contributed by atoms with Crippen molar-refractivity contribution in [1.29, 1.82) is 0 Å². The average molecular weight is 278 g/mol. The van der Waals surface area contributed by atoms with Gasteiger partial charge in [0.1, 0.15) is 0 Å². The average Bonchev–Trinajstić information content (AvgIpc) is 2.39. The summed E-state index contributed by atoms with van der Waals surface area (Å²) < 4.78 is 0. The first-order chi connectivity index (χ1) is 9.63. The van der Waals surface area contributed by atoms with E-state index in [1.54, 1.807) is 18.5 Å². The molecule has 1 atom stereocenters. The molecule has 0 aliphatic carbocycles. The number of aliphatic carboxylic acids is 1. The Morgan fingerprint density at radius 3 is 2.85 bits per heavy atom. The molecule has 0 saturated carbocycles. The predicted octanol–water partition coefficient (Wildman–Crippen LogP) is 0.602. The van der Waals surface area contributed by atoms with Crippen LogP contribution in [0.3, 0.4) is 0 Å². The van der Waals surface area contributed by atoms with Gasteiger partial charge in [-0.15, -0.1) is 0 Å². The first-order valence-electron chi connectivity index (χ1n) is 6.64. The number of likely N-dealkylation sites (tertiary alicyclic amines) is 1. The van der Waals surface area contributed by atoms with Gasteiger partial charge in [-0.3, -0.25) is 19.8 Å². The molecule has 0 aromatic carbocycles. The van der Waals surface area contributed by atoms with Gasteiger partial charge in [0.2, 0.25) is 11.9 Å². The molecule has 1 saturated heterocycles. The predicted molar refractivity (Wildman–Crippen MR) is 72.1 cm³/mol. The second-order valence-electron chi connectivity index (χ2n) is 4.96. The number of hydrogen-bond donors (Lipinski definition) is 2. The Morgan fingerprint density at radius 2 is 2.15 bits per heavy atom. The highest BCUT2D eigenvalue weighted by Crippen LogP contribution is 2.19. The summed E-state index contributed by atoms with van der Waals surface area (Å²) in [5.74, 6) is -0.537. The monoisotopic (exact) mass is 278 g/mol. The lowest BCUT2D eigenvalue weighted by Crippen LogP contribution is -2.41. The molecule has 1 aromatic heterocycles. The van der Waals surface area contributed by atoms with Crippen LogP contribution in [0.1, 0.15) is 19.3 Å². The van der Waals surface area contributed by atoms with Crippen LogP contribution in [0.5, 0.6) is 0 Å². The van der Waals surface area contributed by atoms with Gasteiger partial charge in [0, 0.05) is 25.4 Å². The molecule has 20 heavy (non-hydrogen) atoms. The van der Waals surface area contributed by atoms with Crippen LogP contribution in [0.2, 0.25) is 0 Å². The number of piperidine rings is 1. The lowest BCUT2D eigenvalue weighted by atomic mass is 9.95. The molecule has 0 spiro atoms. The van der Waals surface area contributed by atoms with Crippen molar-refractivity contribution in [3.63, 3.8) is 0 Å². The van der Waals surface area contributed by atoms with Crippen LogP contribution >= 0.6 is 0 Å². The molecule has 2 N–H and O–H groups in total. The van der Waals surface area contributed by atoms with Gasteiger partial charge in [-0.2, -0.15) is 0 Å². The largest absolute Gasteiger partial charge is 0.481 e. The maximum absolute atomic E-state index is 11.9. The number of nitrogens with one attached hydrogen (secondary N) is 1. The Hall–Kier alpha value is -2.02. The molecular weight excluding hydrogens is 260 g/mol. The maximum atomic E-state index is 11.9. The number of carbonyl (C=O) groups excluding carboxylic acids is 1. The summed E-state index contributed by atoms with van der Waals surface area (Å²) in [6, 6.07) is 1.68. The van der Waals surface area contributed by atoms with Crippen LogP contribution in [-0.4, -0.2) is 51.5 Å². The fraction of sp³-hybridized carbons (Fsp3) is 0.538. The van der Waals surface area contributed by atoms with Gasteiger partial charge in [0.25, 0.3) is 0 Å². The molecule has 7 heteroatoms. The summed E-state index contributed by atoms with van der Waals surface area (Å²) in [5.41, 5.74) is 0. The molecule has 7 nitrogen and oxygen atoms in total. The van der Waals surface area contributed by atoms with Crippen LogP contribution in [0.15, 0.2) is 18.5 Å². The number of anilines is 1. The standard InChI is InChI=1S/C13H18N4O3/c18-11(16-13-14-4-2-5-15-13)9-17-6-1-3-10(8-17)7-12(19)20/h2,4-5,10H,1,3,6-9H2,(H,19,20)(H,14,15,16,18). The van der Waals surface area contributed by atoms with E-state index in [1.807, 2.05) is 4.90 Å². The van der Waals surface area contributed by atoms with Gasteiger partial charge in [-0.1, -0.05) is 0 Å². The zero-order chi connectivity index (χ0) is 14.4. The second kappa shape index (κ2) is 6.95. The Bertz CT molecular complexity index is 466. The van der Waals surface area contributed by atoms with E-state index in [1.165, 1.54) is 0 Å². The van der Waals surface area contributed by atoms with Crippen LogP contribution in [0.25, 0.3) is 0 Å². The number of carboxylic acid groups (broad SMARTS) is 1. The maximum Gasteiger partial charge on any atom is 0.303 e. The highest BCUT2D eigenvalue weighted by atomic mass is 16.4. The Kier molecular flexibility index (Phi) is 5.00. The molecule has 1 unspecified atom stereocenters. The lowest BCUT2D eigenvalue weighted by molar-refractivity contribution is -0.138. The number of carboxylic acids is 1. The SMILES string of the molecule is O=C(O)CC1CCCN(CC(=O)Nc2ncccn2)C1. The molecule has 1 amide bonds. The minimum Gasteiger partial charge on any atom is -0.481 e. The molecule has 0 bridgehead atoms. The molecule has 1 aromatic rings. The molecule has 2 heterocycles. The van der Waals surface area contributed by atoms with E-state index >= 15 is 0 Å². The zero-order valence-electron chi connectivity index (χ0n) is 11.2. The normalized spacial score (nSPS) is 19.5. The van der Waals surface area contributed by atoms with Gasteiger partial charge < -0.3 is 5.11 Å². The fourth-order valence-corrected chi connectivity index (χ4v) is 2.44. The van der Waals surface area contributed by atoms with E-state index in [2.05, 4.69) is 15.3 Å². The van der Waals surface area contributed by atoms with Gasteiger partial charge in [-0.25, -0.2) is 9.97 Å². The zero-order valence-corrected chi connectivity index (χ0v) is 11.2. The Morgan fingerprint density at radius 1 is 1.40 bits per heavy atom. The van der Waals surface area contributed by atoms with Crippen molar-refractivity contribution in [2.45, 2.75) is 19.3 Å². The topological polar surface area (TPSA) is 95.4 Å². The van der Waals surface area contributed by atoms with Crippen LogP contribution in [0.4, 0.5) is 5.95 Å². The fourth-order valence-electron chi connectivity index (χ4n) is 2.44. The third kappa shape index (κ3) is 4.58. The first kappa shape index (κ1) is 14.4. The molecular formula is C13H18N4O3. The number of aromatic nitrogens is 2. The number of rotatable bonds is 5. The van der Waals surface area contributed by atoms with E-state index in [9.17, 15) is 9.59 Å². The summed E-state index contributed by atoms with van der Waals surface area (Å²) in [6.07, 6.45) is 5.12. The molecule has 2 rings (SSSR count). The van der Waals surface area contributed by atoms with Gasteiger partial charge in [0.05, 0.1) is 6.54 Å². The third-order valence-electron chi connectivity index (χ3n) is 3.25. The summed E-state index contributed by atoms with van der Waals surface area (Å²) >= 11 is 0. The highest BCUT2D eigenvalue weighted by molar-refractivity contribution is 5.90. The van der Waals surface area contributed by atoms with Crippen LogP contribution in [0, 0.1) is 5.92 Å². The minimum atomic E-state index is -0.779. The first-order valence-corrected chi connectivity index (χ1v) is 6.64. The molecule has 1 aliphatic rings. The molecule has 0 radical (unpaired) electrons. The number of nitrogens with zero attached hydrogens (tertiary/aromatic N) is 3. The third-order valence-corrected chi connectivity index (χ3v) is 3.25. The van der Waals surface area contributed by atoms with Crippen molar-refractivity contribution >= 4 is 17.8 Å².